The van der Waals surface area contributed by atoms with Crippen LogP contribution >= 0.6 is 0 Å². The van der Waals surface area contributed by atoms with Gasteiger partial charge in [-0.25, -0.2) is 0 Å². The van der Waals surface area contributed by atoms with E-state index in [2.05, 4.69) is 0 Å². The first kappa shape index (κ1) is 9.39. The summed E-state index contributed by atoms with van der Waals surface area (Å²) in [5.74, 6) is -1.88. The quantitative estimate of drug-likeness (QED) is 0.563. The van der Waals surface area contributed by atoms with Gasteiger partial charge in [-0.05, 0) is 13.8 Å². The second kappa shape index (κ2) is 3.53. The van der Waals surface area contributed by atoms with Crippen LogP contribution in [0.25, 0.3) is 0 Å². The molecule has 0 bridgehead atoms. The van der Waals surface area contributed by atoms with Crippen molar-refractivity contribution < 1.29 is 14.3 Å². The first-order valence-electron chi connectivity index (χ1n) is 3.06. The molecule has 60 valence electrons. The summed E-state index contributed by atoms with van der Waals surface area (Å²) >= 11 is 0. The molecule has 0 aromatic carbocycles. The van der Waals surface area contributed by atoms with Crippen LogP contribution in [0.2, 0.25) is 0 Å². The normalized spacial score (nSPS) is 16.3. The van der Waals surface area contributed by atoms with Crippen molar-refractivity contribution >= 4 is 5.91 Å². The molecule has 0 saturated heterocycles. The number of carbonyl (C=O) groups excluding carboxylic acids is 1. The number of amides is 1. The molecular formula is C6H13NO3. The predicted molar refractivity (Wildman–Crippen MR) is 36.2 cm³/mol. The average Bonchev–Trinajstić information content (AvgIpc) is 1.88. The van der Waals surface area contributed by atoms with Crippen molar-refractivity contribution in [1.82, 2.24) is 0 Å². The lowest BCUT2D eigenvalue weighted by Crippen LogP contribution is -2.45. The van der Waals surface area contributed by atoms with Crippen molar-refractivity contribution in [1.29, 1.82) is 0 Å². The number of hydrogen-bond donors (Lipinski definition) is 1. The van der Waals surface area contributed by atoms with Crippen LogP contribution in [0, 0.1) is 0 Å². The predicted octanol–water partition coefficient (Wildman–Crippen LogP) is -0.129. The van der Waals surface area contributed by atoms with Gasteiger partial charge in [0.1, 0.15) is 0 Å². The van der Waals surface area contributed by atoms with Crippen LogP contribution in [0.3, 0.4) is 0 Å². The largest absolute Gasteiger partial charge is 0.365 e. The van der Waals surface area contributed by atoms with E-state index in [1.54, 1.807) is 6.92 Å². The number of primary amides is 1. The Morgan fingerprint density at radius 2 is 2.20 bits per heavy atom. The molecule has 0 heterocycles. The average molecular weight is 147 g/mol. The Balaban J connectivity index is 4.08. The first-order chi connectivity index (χ1) is 4.56. The zero-order chi connectivity index (χ0) is 8.20. The van der Waals surface area contributed by atoms with Crippen LogP contribution in [0.15, 0.2) is 0 Å². The van der Waals surface area contributed by atoms with E-state index in [1.165, 1.54) is 14.0 Å². The third-order valence-electron chi connectivity index (χ3n) is 1.26. The highest BCUT2D eigenvalue weighted by molar-refractivity contribution is 5.81. The third kappa shape index (κ3) is 1.97. The summed E-state index contributed by atoms with van der Waals surface area (Å²) in [6.07, 6.45) is 0. The number of methoxy groups -OCH3 is 1. The smallest absolute Gasteiger partial charge is 0.277 e. The highest BCUT2D eigenvalue weighted by atomic mass is 16.7. The molecule has 1 amide bonds. The number of rotatable bonds is 4. The Hall–Kier alpha value is -0.610. The second-order valence-corrected chi connectivity index (χ2v) is 1.95. The van der Waals surface area contributed by atoms with Gasteiger partial charge in [-0.2, -0.15) is 0 Å². The lowest BCUT2D eigenvalue weighted by molar-refractivity contribution is -0.207. The zero-order valence-electron chi connectivity index (χ0n) is 6.51. The number of carbonyl (C=O) groups is 1. The Kier molecular flexibility index (Phi) is 3.32. The molecule has 2 N–H and O–H groups in total. The monoisotopic (exact) mass is 147 g/mol. The number of ether oxygens (including phenoxy) is 2. The van der Waals surface area contributed by atoms with Crippen LogP contribution in [0.4, 0.5) is 0 Å². The fraction of sp³-hybridized carbons (Fsp3) is 0.833. The molecule has 0 aromatic rings. The van der Waals surface area contributed by atoms with Crippen molar-refractivity contribution in [2.45, 2.75) is 19.6 Å². The maximum Gasteiger partial charge on any atom is 0.277 e. The van der Waals surface area contributed by atoms with Crippen LogP contribution in [-0.2, 0) is 14.3 Å². The van der Waals surface area contributed by atoms with Crippen molar-refractivity contribution in [2.75, 3.05) is 13.7 Å². The summed E-state index contributed by atoms with van der Waals surface area (Å²) < 4.78 is 9.69. The highest BCUT2D eigenvalue weighted by Crippen LogP contribution is 2.08. The Labute approximate surface area is 60.3 Å². The maximum absolute atomic E-state index is 10.6. The molecule has 0 aliphatic rings. The van der Waals surface area contributed by atoms with E-state index in [0.717, 1.165) is 0 Å². The summed E-state index contributed by atoms with van der Waals surface area (Å²) in [6, 6.07) is 0. The molecule has 0 saturated carbocycles. The summed E-state index contributed by atoms with van der Waals surface area (Å²) in [7, 11) is 1.38. The van der Waals surface area contributed by atoms with Crippen LogP contribution in [0.1, 0.15) is 13.8 Å². The molecule has 0 aliphatic heterocycles. The van der Waals surface area contributed by atoms with E-state index in [9.17, 15) is 4.79 Å². The Morgan fingerprint density at radius 3 is 2.30 bits per heavy atom. The molecule has 4 heteroatoms. The summed E-state index contributed by atoms with van der Waals surface area (Å²) in [6.45, 7) is 3.65. The third-order valence-corrected chi connectivity index (χ3v) is 1.26. The molecular weight excluding hydrogens is 134 g/mol. The minimum atomic E-state index is -1.27. The fourth-order valence-corrected chi connectivity index (χ4v) is 0.506. The van der Waals surface area contributed by atoms with Crippen molar-refractivity contribution in [2.24, 2.45) is 5.73 Å². The molecule has 10 heavy (non-hydrogen) atoms. The number of nitrogens with two attached hydrogens (primary N) is 1. The minimum Gasteiger partial charge on any atom is -0.365 e. The van der Waals surface area contributed by atoms with Gasteiger partial charge in [0.2, 0.25) is 5.79 Å². The van der Waals surface area contributed by atoms with E-state index < -0.39 is 11.7 Å². The van der Waals surface area contributed by atoms with Gasteiger partial charge in [0.15, 0.2) is 0 Å². The summed E-state index contributed by atoms with van der Waals surface area (Å²) in [5.41, 5.74) is 4.98. The standard InChI is InChI=1S/C6H13NO3/c1-4-10-6(2,9-3)5(7)8/h4H2,1-3H3,(H2,7,8). The molecule has 1 unspecified atom stereocenters. The van der Waals surface area contributed by atoms with Crippen molar-refractivity contribution in [3.8, 4) is 0 Å². The SMILES string of the molecule is CCOC(C)(OC)C(N)=O. The molecule has 0 aromatic heterocycles. The minimum absolute atomic E-state index is 0.396. The van der Waals surface area contributed by atoms with Gasteiger partial charge >= 0.3 is 0 Å². The summed E-state index contributed by atoms with van der Waals surface area (Å²) in [4.78, 5) is 10.6. The van der Waals surface area contributed by atoms with Gasteiger partial charge in [0, 0.05) is 13.7 Å². The van der Waals surface area contributed by atoms with Crippen LogP contribution in [-0.4, -0.2) is 25.4 Å². The Morgan fingerprint density at radius 1 is 1.70 bits per heavy atom. The van der Waals surface area contributed by atoms with Crippen LogP contribution < -0.4 is 5.73 Å². The summed E-state index contributed by atoms with van der Waals surface area (Å²) in [5, 5.41) is 0. The topological polar surface area (TPSA) is 61.6 Å². The van der Waals surface area contributed by atoms with E-state index in [-0.39, 0.29) is 0 Å². The van der Waals surface area contributed by atoms with Gasteiger partial charge in [0.25, 0.3) is 5.91 Å². The van der Waals surface area contributed by atoms with Gasteiger partial charge in [-0.1, -0.05) is 0 Å². The maximum atomic E-state index is 10.6. The van der Waals surface area contributed by atoms with E-state index >= 15 is 0 Å². The molecule has 0 aliphatic carbocycles. The molecule has 0 rings (SSSR count). The van der Waals surface area contributed by atoms with Gasteiger partial charge in [0.05, 0.1) is 0 Å². The van der Waals surface area contributed by atoms with Gasteiger partial charge in [-0.15, -0.1) is 0 Å². The van der Waals surface area contributed by atoms with Gasteiger partial charge in [-0.3, -0.25) is 4.79 Å². The first-order valence-corrected chi connectivity index (χ1v) is 3.06. The van der Waals surface area contributed by atoms with E-state index in [0.29, 0.717) is 6.61 Å². The van der Waals surface area contributed by atoms with Crippen molar-refractivity contribution in [3.63, 3.8) is 0 Å². The van der Waals surface area contributed by atoms with E-state index in [1.807, 2.05) is 0 Å². The lowest BCUT2D eigenvalue weighted by Gasteiger charge is -2.23. The molecule has 0 fully saturated rings. The Bertz CT molecular complexity index is 126. The number of hydrogen-bond acceptors (Lipinski definition) is 3. The van der Waals surface area contributed by atoms with Crippen molar-refractivity contribution in [3.05, 3.63) is 0 Å². The zero-order valence-corrected chi connectivity index (χ0v) is 6.51. The molecule has 4 nitrogen and oxygen atoms in total. The lowest BCUT2D eigenvalue weighted by atomic mass is 10.3. The highest BCUT2D eigenvalue weighted by Gasteiger charge is 2.30. The van der Waals surface area contributed by atoms with E-state index in [4.69, 9.17) is 15.2 Å². The second-order valence-electron chi connectivity index (χ2n) is 1.95. The van der Waals surface area contributed by atoms with Gasteiger partial charge < -0.3 is 15.2 Å². The molecule has 0 spiro atoms. The van der Waals surface area contributed by atoms with Crippen LogP contribution in [0.5, 0.6) is 0 Å². The fourth-order valence-electron chi connectivity index (χ4n) is 0.506. The molecule has 0 radical (unpaired) electrons. The molecule has 1 atom stereocenters.